The monoisotopic (exact) mass is 296 g/mol. The van der Waals surface area contributed by atoms with E-state index in [1.807, 2.05) is 36.8 Å². The molecule has 1 amide bonds. The van der Waals surface area contributed by atoms with Crippen molar-refractivity contribution in [3.05, 3.63) is 29.8 Å². The number of amides is 1. The normalized spacial score (nSPS) is 17.5. The summed E-state index contributed by atoms with van der Waals surface area (Å²) < 4.78 is 0.987. The maximum atomic E-state index is 12.3. The highest BCUT2D eigenvalue weighted by atomic mass is 32.2. The molecule has 0 bridgehead atoms. The zero-order chi connectivity index (χ0) is 13.8. The van der Waals surface area contributed by atoms with Crippen molar-refractivity contribution >= 4 is 39.5 Å². The molecule has 4 nitrogen and oxygen atoms in total. The first-order chi connectivity index (χ1) is 9.22. The Bertz CT molecular complexity index is 499. The average molecular weight is 296 g/mol. The molecule has 0 saturated heterocycles. The number of hydrogen-bond donors (Lipinski definition) is 0. The van der Waals surface area contributed by atoms with Crippen LogP contribution in [0.5, 0.6) is 0 Å². The molecule has 2 rings (SSSR count). The summed E-state index contributed by atoms with van der Waals surface area (Å²) in [5.74, 6) is -0.292. The first kappa shape index (κ1) is 14.4. The summed E-state index contributed by atoms with van der Waals surface area (Å²) in [7, 11) is 1.51. The molecule has 0 fully saturated rings. The maximum Gasteiger partial charge on any atom is 0.260 e. The van der Waals surface area contributed by atoms with Gasteiger partial charge in [-0.25, -0.2) is 0 Å². The number of carbonyl (C=O) groups excluding carboxylic acids is 1. The summed E-state index contributed by atoms with van der Waals surface area (Å²) in [4.78, 5) is 22.0. The van der Waals surface area contributed by atoms with E-state index in [9.17, 15) is 4.79 Å². The van der Waals surface area contributed by atoms with Crippen LogP contribution >= 0.6 is 23.5 Å². The molecule has 6 heteroatoms. The van der Waals surface area contributed by atoms with E-state index in [0.717, 1.165) is 15.6 Å². The Morgan fingerprint density at radius 2 is 2.05 bits per heavy atom. The quantitative estimate of drug-likeness (QED) is 0.635. The molecule has 1 aliphatic heterocycles. The second-order valence-electron chi connectivity index (χ2n) is 3.94. The molecule has 0 spiro atoms. The van der Waals surface area contributed by atoms with Gasteiger partial charge >= 0.3 is 0 Å². The molecule has 0 aliphatic carbocycles. The summed E-state index contributed by atoms with van der Waals surface area (Å²) in [5.41, 5.74) is 1.81. The van der Waals surface area contributed by atoms with Gasteiger partial charge in [-0.3, -0.25) is 14.6 Å². The topological polar surface area (TPSA) is 41.9 Å². The first-order valence-electron chi connectivity index (χ1n) is 5.82. The summed E-state index contributed by atoms with van der Waals surface area (Å²) in [6, 6.07) is 7.69. The van der Waals surface area contributed by atoms with Gasteiger partial charge in [0.1, 0.15) is 4.38 Å². The van der Waals surface area contributed by atoms with Gasteiger partial charge < -0.3 is 0 Å². The van der Waals surface area contributed by atoms with Crippen LogP contribution < -0.4 is 5.06 Å². The number of hydroxylamine groups is 1. The molecule has 19 heavy (non-hydrogen) atoms. The maximum absolute atomic E-state index is 12.3. The fourth-order valence-electron chi connectivity index (χ4n) is 2.10. The van der Waals surface area contributed by atoms with Crippen molar-refractivity contribution in [1.29, 1.82) is 0 Å². The van der Waals surface area contributed by atoms with Crippen molar-refractivity contribution < 1.29 is 9.63 Å². The standard InChI is InChI=1S/C13H16N2O2S2/c1-17-15-11-7-5-4-6-9(11)10(12(15)16)8-14-13(18-2)19-3/h4-7,10H,8H2,1-3H3. The molecule has 1 unspecified atom stereocenters. The zero-order valence-electron chi connectivity index (χ0n) is 11.1. The second kappa shape index (κ2) is 6.45. The van der Waals surface area contributed by atoms with E-state index in [4.69, 9.17) is 4.84 Å². The minimum absolute atomic E-state index is 0.0472. The number of carbonyl (C=O) groups is 1. The smallest absolute Gasteiger partial charge is 0.260 e. The number of thioether (sulfide) groups is 2. The highest BCUT2D eigenvalue weighted by molar-refractivity contribution is 8.38. The van der Waals surface area contributed by atoms with E-state index in [1.165, 1.54) is 12.2 Å². The summed E-state index contributed by atoms with van der Waals surface area (Å²) >= 11 is 3.20. The SMILES string of the molecule is CON1C(=O)C(CN=C(SC)SC)c2ccccc21. The van der Waals surface area contributed by atoms with E-state index in [0.29, 0.717) is 6.54 Å². The van der Waals surface area contributed by atoms with Crippen LogP contribution in [-0.2, 0) is 9.63 Å². The van der Waals surface area contributed by atoms with Crippen molar-refractivity contribution in [2.45, 2.75) is 5.92 Å². The molecule has 1 aromatic carbocycles. The summed E-state index contributed by atoms with van der Waals surface area (Å²) in [6.45, 7) is 0.465. The lowest BCUT2D eigenvalue weighted by atomic mass is 10.0. The largest absolute Gasteiger partial charge is 0.271 e. The van der Waals surface area contributed by atoms with Gasteiger partial charge in [0, 0.05) is 0 Å². The number of aliphatic imine (C=N–C) groups is 1. The van der Waals surface area contributed by atoms with E-state index < -0.39 is 0 Å². The van der Waals surface area contributed by atoms with Crippen LogP contribution in [0.15, 0.2) is 29.3 Å². The van der Waals surface area contributed by atoms with E-state index in [-0.39, 0.29) is 11.8 Å². The van der Waals surface area contributed by atoms with Gasteiger partial charge in [0.05, 0.1) is 25.3 Å². The fourth-order valence-corrected chi connectivity index (χ4v) is 3.18. The second-order valence-corrected chi connectivity index (χ2v) is 5.79. The van der Waals surface area contributed by atoms with Crippen LogP contribution in [0.1, 0.15) is 11.5 Å². The predicted octanol–water partition coefficient (Wildman–Crippen LogP) is 2.76. The number of fused-ring (bicyclic) bond motifs is 1. The Morgan fingerprint density at radius 1 is 1.37 bits per heavy atom. The van der Waals surface area contributed by atoms with Gasteiger partial charge in [0.2, 0.25) is 0 Å². The zero-order valence-corrected chi connectivity index (χ0v) is 12.8. The minimum Gasteiger partial charge on any atom is -0.271 e. The van der Waals surface area contributed by atoms with Crippen LogP contribution in [0.25, 0.3) is 0 Å². The van der Waals surface area contributed by atoms with E-state index >= 15 is 0 Å². The first-order valence-corrected chi connectivity index (χ1v) is 8.27. The molecule has 0 radical (unpaired) electrons. The van der Waals surface area contributed by atoms with E-state index in [2.05, 4.69) is 4.99 Å². The van der Waals surface area contributed by atoms with Gasteiger partial charge in [-0.15, -0.1) is 23.5 Å². The van der Waals surface area contributed by atoms with Crippen molar-refractivity contribution in [3.8, 4) is 0 Å². The third kappa shape index (κ3) is 2.80. The molecular formula is C13H16N2O2S2. The summed E-state index contributed by atoms with van der Waals surface area (Å²) in [6.07, 6.45) is 3.97. The highest BCUT2D eigenvalue weighted by Crippen LogP contribution is 2.37. The van der Waals surface area contributed by atoms with Crippen molar-refractivity contribution in [3.63, 3.8) is 0 Å². The molecule has 1 atom stereocenters. The Kier molecular flexibility index (Phi) is 4.90. The lowest BCUT2D eigenvalue weighted by Gasteiger charge is -2.13. The van der Waals surface area contributed by atoms with Gasteiger partial charge in [0.25, 0.3) is 5.91 Å². The lowest BCUT2D eigenvalue weighted by molar-refractivity contribution is -0.124. The third-order valence-electron chi connectivity index (χ3n) is 2.96. The molecule has 102 valence electrons. The van der Waals surface area contributed by atoms with Gasteiger partial charge in [0.15, 0.2) is 0 Å². The van der Waals surface area contributed by atoms with Crippen molar-refractivity contribution in [1.82, 2.24) is 0 Å². The predicted molar refractivity (Wildman–Crippen MR) is 83.0 cm³/mol. The van der Waals surface area contributed by atoms with Crippen LogP contribution in [0, 0.1) is 0 Å². The molecule has 0 saturated carbocycles. The van der Waals surface area contributed by atoms with E-state index in [1.54, 1.807) is 23.5 Å². The molecule has 1 heterocycles. The molecule has 1 aliphatic rings. The van der Waals surface area contributed by atoms with Crippen LogP contribution in [0.2, 0.25) is 0 Å². The van der Waals surface area contributed by atoms with Gasteiger partial charge in [-0.05, 0) is 24.1 Å². The number of rotatable bonds is 3. The van der Waals surface area contributed by atoms with Crippen molar-refractivity contribution in [2.75, 3.05) is 31.2 Å². The minimum atomic E-state index is -0.245. The molecule has 1 aromatic rings. The fraction of sp³-hybridized carbons (Fsp3) is 0.385. The number of benzene rings is 1. The molecule has 0 aromatic heterocycles. The van der Waals surface area contributed by atoms with Gasteiger partial charge in [-0.1, -0.05) is 18.2 Å². The Hall–Kier alpha value is -0.980. The third-order valence-corrected chi connectivity index (χ3v) is 4.92. The van der Waals surface area contributed by atoms with Crippen LogP contribution in [0.4, 0.5) is 5.69 Å². The summed E-state index contributed by atoms with van der Waals surface area (Å²) in [5, 5.41) is 1.35. The Labute approximate surface area is 121 Å². The number of para-hydroxylation sites is 1. The number of hydrogen-bond acceptors (Lipinski definition) is 5. The highest BCUT2D eigenvalue weighted by Gasteiger charge is 2.37. The van der Waals surface area contributed by atoms with Crippen LogP contribution in [-0.4, -0.2) is 36.4 Å². The average Bonchev–Trinajstić information content (AvgIpc) is 2.72. The molecule has 0 N–H and O–H groups in total. The molecular weight excluding hydrogens is 280 g/mol. The Morgan fingerprint density at radius 3 is 2.68 bits per heavy atom. The Balaban J connectivity index is 2.27. The number of nitrogens with zero attached hydrogens (tertiary/aromatic N) is 2. The van der Waals surface area contributed by atoms with Gasteiger partial charge in [-0.2, -0.15) is 5.06 Å². The van der Waals surface area contributed by atoms with Crippen molar-refractivity contribution in [2.24, 2.45) is 4.99 Å². The van der Waals surface area contributed by atoms with Crippen LogP contribution in [0.3, 0.4) is 0 Å². The number of anilines is 1. The lowest BCUT2D eigenvalue weighted by Crippen LogP contribution is -2.28.